The number of piperazine rings is 1. The molecular formula is C21H32N4O2. The number of amides is 2. The van der Waals surface area contributed by atoms with Crippen LogP contribution in [-0.2, 0) is 22.4 Å². The quantitative estimate of drug-likeness (QED) is 0.728. The molecule has 1 aliphatic carbocycles. The molecule has 0 unspecified atom stereocenters. The van der Waals surface area contributed by atoms with Gasteiger partial charge in [-0.2, -0.15) is 0 Å². The third kappa shape index (κ3) is 5.78. The minimum absolute atomic E-state index is 0.0468. The average Bonchev–Trinajstić information content (AvgIpc) is 3.47. The van der Waals surface area contributed by atoms with E-state index < -0.39 is 0 Å². The van der Waals surface area contributed by atoms with E-state index in [1.165, 1.54) is 11.1 Å². The van der Waals surface area contributed by atoms with Gasteiger partial charge in [-0.15, -0.1) is 0 Å². The summed E-state index contributed by atoms with van der Waals surface area (Å²) in [5, 5.41) is 6.18. The first kappa shape index (κ1) is 19.8. The van der Waals surface area contributed by atoms with Crippen LogP contribution in [0.3, 0.4) is 0 Å². The number of nitrogens with one attached hydrogen (secondary N) is 2. The average molecular weight is 373 g/mol. The lowest BCUT2D eigenvalue weighted by atomic mass is 10.0. The Morgan fingerprint density at radius 1 is 0.926 bits per heavy atom. The largest absolute Gasteiger partial charge is 0.352 e. The maximum atomic E-state index is 12.6. The molecule has 2 N–H and O–H groups in total. The predicted octanol–water partition coefficient (Wildman–Crippen LogP) is 1.65. The first-order valence-corrected chi connectivity index (χ1v) is 10.2. The molecule has 0 aromatic heterocycles. The van der Waals surface area contributed by atoms with Crippen LogP contribution < -0.4 is 10.6 Å². The molecule has 1 saturated heterocycles. The lowest BCUT2D eigenvalue weighted by molar-refractivity contribution is -0.123. The number of nitrogens with zero attached hydrogens (tertiary/aromatic N) is 2. The first-order valence-electron chi connectivity index (χ1n) is 10.2. The molecule has 2 amide bonds. The zero-order valence-corrected chi connectivity index (χ0v) is 16.6. The van der Waals surface area contributed by atoms with Gasteiger partial charge in [-0.1, -0.05) is 32.0 Å². The number of hydrogen-bond acceptors (Lipinski definition) is 4. The molecule has 3 rings (SSSR count). The van der Waals surface area contributed by atoms with E-state index in [4.69, 9.17) is 0 Å². The number of hydrogen-bond donors (Lipinski definition) is 2. The summed E-state index contributed by atoms with van der Waals surface area (Å²) in [6.45, 7) is 8.41. The van der Waals surface area contributed by atoms with Crippen molar-refractivity contribution in [1.29, 1.82) is 0 Å². The van der Waals surface area contributed by atoms with Crippen LogP contribution in [-0.4, -0.2) is 66.9 Å². The third-order valence-corrected chi connectivity index (χ3v) is 5.41. The van der Waals surface area contributed by atoms with Gasteiger partial charge >= 0.3 is 0 Å². The van der Waals surface area contributed by atoms with Crippen molar-refractivity contribution < 1.29 is 9.59 Å². The molecule has 0 bridgehead atoms. The summed E-state index contributed by atoms with van der Waals surface area (Å²) in [4.78, 5) is 28.8. The molecular weight excluding hydrogens is 340 g/mol. The van der Waals surface area contributed by atoms with Gasteiger partial charge in [0, 0.05) is 37.9 Å². The second-order valence-corrected chi connectivity index (χ2v) is 7.60. The minimum Gasteiger partial charge on any atom is -0.352 e. The van der Waals surface area contributed by atoms with Crippen molar-refractivity contribution in [3.8, 4) is 0 Å². The molecule has 1 aromatic carbocycles. The number of para-hydroxylation sites is 1. The van der Waals surface area contributed by atoms with Gasteiger partial charge in [0.05, 0.1) is 13.1 Å². The molecule has 6 heteroatoms. The second-order valence-electron chi connectivity index (χ2n) is 7.60. The van der Waals surface area contributed by atoms with Crippen molar-refractivity contribution >= 4 is 17.5 Å². The normalized spacial score (nSPS) is 18.3. The van der Waals surface area contributed by atoms with Crippen molar-refractivity contribution in [2.45, 2.75) is 45.6 Å². The Balaban J connectivity index is 1.45. The minimum atomic E-state index is 0.0468. The van der Waals surface area contributed by atoms with Crippen molar-refractivity contribution in [2.75, 3.05) is 44.6 Å². The second kappa shape index (κ2) is 9.33. The standard InChI is InChI=1S/C21H32N4O2/c1-3-16-6-5-7-17(4-2)21(16)23-20(27)15-25-12-10-24(11-13-25)14-19(26)22-18-8-9-18/h5-7,18H,3-4,8-15H2,1-2H3,(H,22,26)(H,23,27). The number of rotatable bonds is 8. The summed E-state index contributed by atoms with van der Waals surface area (Å²) in [5.74, 6) is 0.178. The van der Waals surface area contributed by atoms with E-state index in [9.17, 15) is 9.59 Å². The van der Waals surface area contributed by atoms with Crippen LogP contribution >= 0.6 is 0 Å². The Hall–Kier alpha value is -1.92. The molecule has 27 heavy (non-hydrogen) atoms. The Labute approximate surface area is 162 Å². The molecule has 6 nitrogen and oxygen atoms in total. The molecule has 1 aliphatic heterocycles. The fraction of sp³-hybridized carbons (Fsp3) is 0.619. The van der Waals surface area contributed by atoms with Gasteiger partial charge in [-0.05, 0) is 36.8 Å². The van der Waals surface area contributed by atoms with E-state index >= 15 is 0 Å². The summed E-state index contributed by atoms with van der Waals surface area (Å²) in [5.41, 5.74) is 3.37. The van der Waals surface area contributed by atoms with Gasteiger partial charge < -0.3 is 10.6 Å². The molecule has 2 aliphatic rings. The fourth-order valence-electron chi connectivity index (χ4n) is 3.59. The molecule has 0 atom stereocenters. The number of benzene rings is 1. The van der Waals surface area contributed by atoms with E-state index in [0.29, 0.717) is 19.1 Å². The summed E-state index contributed by atoms with van der Waals surface area (Å²) in [6, 6.07) is 6.65. The van der Waals surface area contributed by atoms with Gasteiger partial charge in [0.2, 0.25) is 11.8 Å². The van der Waals surface area contributed by atoms with Crippen LogP contribution in [0.15, 0.2) is 18.2 Å². The zero-order chi connectivity index (χ0) is 19.2. The highest BCUT2D eigenvalue weighted by atomic mass is 16.2. The van der Waals surface area contributed by atoms with Crippen molar-refractivity contribution in [3.63, 3.8) is 0 Å². The molecule has 0 radical (unpaired) electrons. The summed E-state index contributed by atoms with van der Waals surface area (Å²) in [6.07, 6.45) is 4.06. The maximum Gasteiger partial charge on any atom is 0.238 e. The lowest BCUT2D eigenvalue weighted by Gasteiger charge is -2.33. The van der Waals surface area contributed by atoms with Gasteiger partial charge in [-0.3, -0.25) is 19.4 Å². The Bertz CT molecular complexity index is 642. The van der Waals surface area contributed by atoms with E-state index in [-0.39, 0.29) is 11.8 Å². The van der Waals surface area contributed by atoms with Crippen molar-refractivity contribution in [1.82, 2.24) is 15.1 Å². The van der Waals surface area contributed by atoms with Gasteiger partial charge in [0.15, 0.2) is 0 Å². The Kier molecular flexibility index (Phi) is 6.85. The molecule has 2 fully saturated rings. The summed E-state index contributed by atoms with van der Waals surface area (Å²) >= 11 is 0. The van der Waals surface area contributed by atoms with Crippen LogP contribution in [0.2, 0.25) is 0 Å². The van der Waals surface area contributed by atoms with Crippen LogP contribution in [0.4, 0.5) is 5.69 Å². The molecule has 0 spiro atoms. The highest BCUT2D eigenvalue weighted by Crippen LogP contribution is 2.22. The van der Waals surface area contributed by atoms with Gasteiger partial charge in [0.25, 0.3) is 0 Å². The van der Waals surface area contributed by atoms with Crippen LogP contribution in [0.1, 0.15) is 37.8 Å². The predicted molar refractivity (Wildman–Crippen MR) is 108 cm³/mol. The zero-order valence-electron chi connectivity index (χ0n) is 16.6. The monoisotopic (exact) mass is 372 g/mol. The number of carbonyl (C=O) groups excluding carboxylic acids is 2. The third-order valence-electron chi connectivity index (χ3n) is 5.41. The fourth-order valence-corrected chi connectivity index (χ4v) is 3.59. The molecule has 148 valence electrons. The van der Waals surface area contributed by atoms with E-state index in [2.05, 4.69) is 52.5 Å². The SMILES string of the molecule is CCc1cccc(CC)c1NC(=O)CN1CCN(CC(=O)NC2CC2)CC1. The Morgan fingerprint density at radius 2 is 1.44 bits per heavy atom. The topological polar surface area (TPSA) is 64.7 Å². The van der Waals surface area contributed by atoms with E-state index in [1.54, 1.807) is 0 Å². The van der Waals surface area contributed by atoms with Crippen LogP contribution in [0, 0.1) is 0 Å². The van der Waals surface area contributed by atoms with Gasteiger partial charge in [0.1, 0.15) is 0 Å². The van der Waals surface area contributed by atoms with Crippen LogP contribution in [0.5, 0.6) is 0 Å². The first-order chi connectivity index (χ1) is 13.1. The van der Waals surface area contributed by atoms with Crippen molar-refractivity contribution in [3.05, 3.63) is 29.3 Å². The summed E-state index contributed by atoms with van der Waals surface area (Å²) < 4.78 is 0. The number of anilines is 1. The van der Waals surface area contributed by atoms with Crippen molar-refractivity contribution in [2.24, 2.45) is 0 Å². The smallest absolute Gasteiger partial charge is 0.238 e. The summed E-state index contributed by atoms with van der Waals surface area (Å²) in [7, 11) is 0. The molecule has 1 aromatic rings. The highest BCUT2D eigenvalue weighted by molar-refractivity contribution is 5.93. The van der Waals surface area contributed by atoms with E-state index in [0.717, 1.165) is 57.5 Å². The Morgan fingerprint density at radius 3 is 1.93 bits per heavy atom. The molecule has 1 heterocycles. The number of carbonyl (C=O) groups is 2. The maximum absolute atomic E-state index is 12.6. The van der Waals surface area contributed by atoms with Crippen LogP contribution in [0.25, 0.3) is 0 Å². The molecule has 1 saturated carbocycles. The highest BCUT2D eigenvalue weighted by Gasteiger charge is 2.25. The van der Waals surface area contributed by atoms with Gasteiger partial charge in [-0.25, -0.2) is 0 Å². The van der Waals surface area contributed by atoms with E-state index in [1.807, 2.05) is 0 Å². The lowest BCUT2D eigenvalue weighted by Crippen LogP contribution is -2.51. The number of aryl methyl sites for hydroxylation is 2.